The van der Waals surface area contributed by atoms with Crippen LogP contribution >= 0.6 is 0 Å². The number of nitrogens with one attached hydrogen (secondary N) is 4. The summed E-state index contributed by atoms with van der Waals surface area (Å²) in [5.41, 5.74) is 2.36. The molecule has 1 aliphatic heterocycles. The van der Waals surface area contributed by atoms with E-state index in [0.717, 1.165) is 12.1 Å². The minimum absolute atomic E-state index is 0.105. The van der Waals surface area contributed by atoms with Crippen molar-refractivity contribution in [2.75, 3.05) is 10.6 Å². The van der Waals surface area contributed by atoms with Crippen molar-refractivity contribution in [3.8, 4) is 0 Å². The van der Waals surface area contributed by atoms with Crippen molar-refractivity contribution in [2.45, 2.75) is 12.6 Å². The third-order valence-electron chi connectivity index (χ3n) is 7.16. The van der Waals surface area contributed by atoms with Gasteiger partial charge in [-0.1, -0.05) is 36.4 Å². The zero-order valence-electron chi connectivity index (χ0n) is 23.4. The molecule has 2 aromatic heterocycles. The van der Waals surface area contributed by atoms with Crippen LogP contribution in [0.4, 0.5) is 20.2 Å². The largest absolute Gasteiger partial charge is 0.345 e. The van der Waals surface area contributed by atoms with Gasteiger partial charge in [-0.2, -0.15) is 0 Å². The number of pyridine rings is 1. The second kappa shape index (κ2) is 12.2. The second-order valence-electron chi connectivity index (χ2n) is 10.2. The molecule has 0 saturated carbocycles. The van der Waals surface area contributed by atoms with E-state index in [-0.39, 0.29) is 18.0 Å². The molecule has 1 atom stereocenters. The number of carbonyl (C=O) groups is 3. The van der Waals surface area contributed by atoms with Crippen LogP contribution in [0, 0.1) is 11.6 Å². The number of rotatable bonds is 8. The Morgan fingerprint density at radius 1 is 0.956 bits per heavy atom. The van der Waals surface area contributed by atoms with Gasteiger partial charge in [0.25, 0.3) is 23.3 Å². The number of halogens is 2. The normalized spacial score (nSPS) is 13.6. The van der Waals surface area contributed by atoms with Gasteiger partial charge < -0.3 is 25.5 Å². The van der Waals surface area contributed by atoms with Crippen LogP contribution in [-0.2, 0) is 16.1 Å². The number of fused-ring (bicyclic) bond motifs is 1. The van der Waals surface area contributed by atoms with Crippen molar-refractivity contribution in [1.82, 2.24) is 19.9 Å². The van der Waals surface area contributed by atoms with Gasteiger partial charge in [0.2, 0.25) is 0 Å². The Bertz CT molecular complexity index is 2020. The average molecular weight is 607 g/mol. The summed E-state index contributed by atoms with van der Waals surface area (Å²) in [7, 11) is 0. The fourth-order valence-electron chi connectivity index (χ4n) is 4.95. The first kappa shape index (κ1) is 28.9. The molecule has 10 nitrogen and oxygen atoms in total. The number of aromatic amines is 1. The lowest BCUT2D eigenvalue weighted by Crippen LogP contribution is -2.40. The molecular weight excluding hydrogens is 582 g/mol. The molecule has 224 valence electrons. The van der Waals surface area contributed by atoms with Crippen molar-refractivity contribution in [1.29, 1.82) is 0 Å². The molecule has 4 N–H and O–H groups in total. The number of anilines is 2. The lowest BCUT2D eigenvalue weighted by Gasteiger charge is -2.19. The molecule has 3 aromatic carbocycles. The van der Waals surface area contributed by atoms with E-state index < -0.39 is 35.0 Å². The fourth-order valence-corrected chi connectivity index (χ4v) is 4.95. The number of carbonyl (C=O) groups excluding carboxylic acids is 3. The molecule has 1 unspecified atom stereocenters. The number of hydrogen-bond donors (Lipinski definition) is 4. The molecule has 5 aromatic rings. The van der Waals surface area contributed by atoms with Gasteiger partial charge in [0, 0.05) is 23.1 Å². The molecular formula is C33H24F2N6O4. The summed E-state index contributed by atoms with van der Waals surface area (Å²) in [6.07, 6.45) is 6.13. The third kappa shape index (κ3) is 6.15. The predicted octanol–water partition coefficient (Wildman–Crippen LogP) is 4.50. The van der Waals surface area contributed by atoms with Gasteiger partial charge in [0.05, 0.1) is 30.3 Å². The van der Waals surface area contributed by atoms with Crippen molar-refractivity contribution in [3.63, 3.8) is 0 Å². The minimum Gasteiger partial charge on any atom is -0.345 e. The van der Waals surface area contributed by atoms with Crippen molar-refractivity contribution < 1.29 is 23.2 Å². The number of H-pyrrole nitrogens is 1. The summed E-state index contributed by atoms with van der Waals surface area (Å²) in [4.78, 5) is 59.8. The maximum absolute atomic E-state index is 13.7. The van der Waals surface area contributed by atoms with E-state index >= 15 is 0 Å². The zero-order valence-corrected chi connectivity index (χ0v) is 23.4. The van der Waals surface area contributed by atoms with Crippen molar-refractivity contribution >= 4 is 40.7 Å². The Balaban J connectivity index is 1.25. The first-order chi connectivity index (χ1) is 21.8. The molecule has 6 rings (SSSR count). The van der Waals surface area contributed by atoms with Crippen LogP contribution in [0.5, 0.6) is 0 Å². The van der Waals surface area contributed by atoms with Gasteiger partial charge >= 0.3 is 0 Å². The third-order valence-corrected chi connectivity index (χ3v) is 7.16. The second-order valence-corrected chi connectivity index (χ2v) is 10.2. The summed E-state index contributed by atoms with van der Waals surface area (Å²) < 4.78 is 28.3. The molecule has 3 amide bonds. The quantitative estimate of drug-likeness (QED) is 0.193. The number of nitrogens with zero attached hydrogens (tertiary/aromatic N) is 2. The summed E-state index contributed by atoms with van der Waals surface area (Å²) in [5, 5.41) is 8.24. The lowest BCUT2D eigenvalue weighted by molar-refractivity contribution is -0.118. The highest BCUT2D eigenvalue weighted by molar-refractivity contribution is 6.35. The van der Waals surface area contributed by atoms with Crippen LogP contribution in [0.1, 0.15) is 38.8 Å². The first-order valence-corrected chi connectivity index (χ1v) is 13.7. The Labute approximate surface area is 254 Å². The molecule has 45 heavy (non-hydrogen) atoms. The van der Waals surface area contributed by atoms with Gasteiger partial charge in [-0.25, -0.2) is 13.8 Å². The van der Waals surface area contributed by atoms with Gasteiger partial charge in [0.15, 0.2) is 11.6 Å². The van der Waals surface area contributed by atoms with Gasteiger partial charge in [-0.15, -0.1) is 0 Å². The average Bonchev–Trinajstić information content (AvgIpc) is 3.66. The van der Waals surface area contributed by atoms with E-state index in [0.29, 0.717) is 39.3 Å². The Morgan fingerprint density at radius 2 is 1.78 bits per heavy atom. The number of amides is 3. The monoisotopic (exact) mass is 606 g/mol. The summed E-state index contributed by atoms with van der Waals surface area (Å²) >= 11 is 0. The standard InChI is InChI=1S/C33H24F2N6O4/c34-26-10-8-19(13-27(26)35)17-41-12-4-7-23(33(41)45)30(42)40-29(20-5-2-1-3-6-20)32(44)38-21-9-11-28-24(14-21)25(31(43)39-28)15-22-16-36-18-37-22/h1-16,18,29H,17H2,(H,36,37)(H,38,44)(H,39,43)(H,40,42). The van der Waals surface area contributed by atoms with Gasteiger partial charge in [-0.3, -0.25) is 19.2 Å². The number of imidazole rings is 1. The van der Waals surface area contributed by atoms with E-state index in [1.165, 1.54) is 35.3 Å². The highest BCUT2D eigenvalue weighted by Crippen LogP contribution is 2.35. The van der Waals surface area contributed by atoms with E-state index in [9.17, 15) is 28.0 Å². The molecule has 3 heterocycles. The van der Waals surface area contributed by atoms with Crippen LogP contribution in [0.3, 0.4) is 0 Å². The predicted molar refractivity (Wildman–Crippen MR) is 163 cm³/mol. The van der Waals surface area contributed by atoms with Crippen LogP contribution in [0.2, 0.25) is 0 Å². The number of hydrogen-bond acceptors (Lipinski definition) is 5. The topological polar surface area (TPSA) is 138 Å². The Hall–Kier alpha value is -6.17. The Morgan fingerprint density at radius 3 is 2.53 bits per heavy atom. The maximum Gasteiger partial charge on any atom is 0.263 e. The molecule has 0 saturated heterocycles. The van der Waals surface area contributed by atoms with Crippen molar-refractivity contribution in [3.05, 3.63) is 148 Å². The Kier molecular flexibility index (Phi) is 7.85. The van der Waals surface area contributed by atoms with E-state index in [1.807, 2.05) is 0 Å². The highest BCUT2D eigenvalue weighted by Gasteiger charge is 2.27. The van der Waals surface area contributed by atoms with Crippen LogP contribution in [0.25, 0.3) is 11.6 Å². The highest BCUT2D eigenvalue weighted by atomic mass is 19.2. The molecule has 1 aliphatic rings. The fraction of sp³-hybridized carbons (Fsp3) is 0.0606. The van der Waals surface area contributed by atoms with Gasteiger partial charge in [0.1, 0.15) is 11.6 Å². The smallest absolute Gasteiger partial charge is 0.263 e. The van der Waals surface area contributed by atoms with E-state index in [1.54, 1.807) is 60.8 Å². The number of benzene rings is 3. The summed E-state index contributed by atoms with van der Waals surface area (Å²) in [6.45, 7) is -0.105. The SMILES string of the molecule is O=C1Nc2ccc(NC(=O)C(NC(=O)c3cccn(Cc4ccc(F)c(F)c4)c3=O)c3ccccc3)cc2C1=Cc1cnc[nH]1. The van der Waals surface area contributed by atoms with E-state index in [2.05, 4.69) is 25.9 Å². The molecule has 0 bridgehead atoms. The van der Waals surface area contributed by atoms with E-state index in [4.69, 9.17) is 0 Å². The van der Waals surface area contributed by atoms with Crippen LogP contribution < -0.4 is 21.5 Å². The van der Waals surface area contributed by atoms with Crippen LogP contribution in [-0.4, -0.2) is 32.3 Å². The summed E-state index contributed by atoms with van der Waals surface area (Å²) in [6, 6.07) is 18.3. The zero-order chi connectivity index (χ0) is 31.5. The van der Waals surface area contributed by atoms with Gasteiger partial charge in [-0.05, 0) is 59.7 Å². The molecule has 0 radical (unpaired) electrons. The van der Waals surface area contributed by atoms with Crippen molar-refractivity contribution in [2.24, 2.45) is 0 Å². The minimum atomic E-state index is -1.20. The first-order valence-electron chi connectivity index (χ1n) is 13.7. The molecule has 0 fully saturated rings. The maximum atomic E-state index is 13.7. The number of aromatic nitrogens is 3. The molecule has 0 spiro atoms. The molecule has 12 heteroatoms. The lowest BCUT2D eigenvalue weighted by atomic mass is 10.0. The summed E-state index contributed by atoms with van der Waals surface area (Å²) in [5.74, 6) is -3.78. The van der Waals surface area contributed by atoms with Crippen LogP contribution in [0.15, 0.2) is 102 Å². The molecule has 0 aliphatic carbocycles.